The minimum atomic E-state index is -0.481. The van der Waals surface area contributed by atoms with Gasteiger partial charge in [-0.2, -0.15) is 0 Å². The zero-order valence-corrected chi connectivity index (χ0v) is 17.1. The summed E-state index contributed by atoms with van der Waals surface area (Å²) in [5.74, 6) is 1.20. The number of unbranched alkanes of at least 4 members (excludes halogenated alkanes) is 1. The second-order valence-corrected chi connectivity index (χ2v) is 7.58. The number of nitrogens with zero attached hydrogens (tertiary/aromatic N) is 1. The molecule has 162 valence electrons. The zero-order chi connectivity index (χ0) is 20.6. The molecule has 3 N–H and O–H groups in total. The SMILES string of the molecule is COc1ccc(C(=O)NC[C@@H]2CCN(CCCCO)C[C@H]2O)c2c1OCCCO2. The molecule has 2 aliphatic heterocycles. The van der Waals surface area contributed by atoms with Crippen LogP contribution in [-0.4, -0.2) is 80.2 Å². The van der Waals surface area contributed by atoms with Crippen molar-refractivity contribution in [3.63, 3.8) is 0 Å². The maximum absolute atomic E-state index is 12.8. The van der Waals surface area contributed by atoms with E-state index >= 15 is 0 Å². The highest BCUT2D eigenvalue weighted by Gasteiger charge is 2.29. The largest absolute Gasteiger partial charge is 0.493 e. The van der Waals surface area contributed by atoms with Gasteiger partial charge in [-0.25, -0.2) is 0 Å². The number of hydrogen-bond acceptors (Lipinski definition) is 7. The number of fused-ring (bicyclic) bond motifs is 1. The standard InChI is InChI=1S/C21H32N2O6/c1-27-18-6-5-16(19-20(18)29-12-4-11-28-19)21(26)22-13-15-7-9-23(14-17(15)25)8-2-3-10-24/h5-6,15,17,24-25H,2-4,7-14H2,1H3,(H,22,26)/t15-,17+/m0/s1. The number of rotatable bonds is 8. The maximum atomic E-state index is 12.8. The van der Waals surface area contributed by atoms with Crippen LogP contribution in [-0.2, 0) is 0 Å². The van der Waals surface area contributed by atoms with Crippen molar-refractivity contribution in [2.24, 2.45) is 5.92 Å². The first-order valence-electron chi connectivity index (χ1n) is 10.4. The molecule has 2 aliphatic rings. The van der Waals surface area contributed by atoms with Crippen molar-refractivity contribution in [2.45, 2.75) is 31.8 Å². The molecule has 0 saturated carbocycles. The molecule has 0 spiro atoms. The molecular formula is C21H32N2O6. The van der Waals surface area contributed by atoms with Gasteiger partial charge in [-0.15, -0.1) is 0 Å². The summed E-state index contributed by atoms with van der Waals surface area (Å²) in [6.45, 7) is 3.97. The third-order valence-electron chi connectivity index (χ3n) is 5.53. The van der Waals surface area contributed by atoms with Crippen molar-refractivity contribution < 1.29 is 29.2 Å². The van der Waals surface area contributed by atoms with Gasteiger partial charge >= 0.3 is 0 Å². The Balaban J connectivity index is 1.57. The molecule has 1 fully saturated rings. The van der Waals surface area contributed by atoms with Gasteiger partial charge in [0, 0.05) is 32.0 Å². The molecule has 8 heteroatoms. The van der Waals surface area contributed by atoms with E-state index in [9.17, 15) is 9.90 Å². The number of amides is 1. The van der Waals surface area contributed by atoms with Crippen LogP contribution in [0.1, 0.15) is 36.0 Å². The van der Waals surface area contributed by atoms with Gasteiger partial charge in [-0.05, 0) is 44.5 Å². The summed E-state index contributed by atoms with van der Waals surface area (Å²) in [5.41, 5.74) is 0.415. The minimum Gasteiger partial charge on any atom is -0.493 e. The van der Waals surface area contributed by atoms with Crippen LogP contribution in [0, 0.1) is 5.92 Å². The Bertz CT molecular complexity index is 683. The molecule has 1 saturated heterocycles. The number of benzene rings is 1. The molecule has 2 atom stereocenters. The van der Waals surface area contributed by atoms with Crippen LogP contribution in [0.5, 0.6) is 17.2 Å². The number of piperidine rings is 1. The van der Waals surface area contributed by atoms with E-state index < -0.39 is 6.10 Å². The summed E-state index contributed by atoms with van der Waals surface area (Å²) in [7, 11) is 1.56. The third kappa shape index (κ3) is 5.52. The Labute approximate surface area is 171 Å². The van der Waals surface area contributed by atoms with Gasteiger partial charge in [0.05, 0.1) is 32.0 Å². The third-order valence-corrected chi connectivity index (χ3v) is 5.53. The van der Waals surface area contributed by atoms with Crippen molar-refractivity contribution in [3.05, 3.63) is 17.7 Å². The molecule has 0 bridgehead atoms. The average molecular weight is 408 g/mol. The van der Waals surface area contributed by atoms with E-state index in [0.29, 0.717) is 49.1 Å². The number of nitrogens with one attached hydrogen (secondary N) is 1. The molecule has 1 aromatic carbocycles. The number of ether oxygens (including phenoxy) is 3. The van der Waals surface area contributed by atoms with E-state index in [2.05, 4.69) is 10.2 Å². The number of aliphatic hydroxyl groups excluding tert-OH is 2. The fourth-order valence-corrected chi connectivity index (χ4v) is 3.82. The molecule has 0 radical (unpaired) electrons. The lowest BCUT2D eigenvalue weighted by Gasteiger charge is -2.36. The van der Waals surface area contributed by atoms with Crippen molar-refractivity contribution >= 4 is 5.91 Å². The quantitative estimate of drug-likeness (QED) is 0.553. The normalized spacial score (nSPS) is 22.0. The summed E-state index contributed by atoms with van der Waals surface area (Å²) < 4.78 is 16.8. The Hall–Kier alpha value is -2.03. The van der Waals surface area contributed by atoms with Crippen LogP contribution in [0.2, 0.25) is 0 Å². The summed E-state index contributed by atoms with van der Waals surface area (Å²) in [6.07, 6.45) is 2.79. The molecule has 1 aromatic rings. The highest BCUT2D eigenvalue weighted by molar-refractivity contribution is 5.98. The van der Waals surface area contributed by atoms with E-state index in [-0.39, 0.29) is 18.4 Å². The summed E-state index contributed by atoms with van der Waals surface area (Å²) in [4.78, 5) is 15.0. The monoisotopic (exact) mass is 408 g/mol. The summed E-state index contributed by atoms with van der Waals surface area (Å²) in [6, 6.07) is 3.39. The number of carbonyl (C=O) groups excluding carboxylic acids is 1. The number of methoxy groups -OCH3 is 1. The number of β-amino-alcohol motifs (C(OH)–C–C–N with tert-alkyl or cyclic N) is 1. The van der Waals surface area contributed by atoms with Gasteiger partial charge in [0.1, 0.15) is 0 Å². The lowest BCUT2D eigenvalue weighted by molar-refractivity contribution is 0.0212. The second kappa shape index (κ2) is 10.7. The molecule has 2 heterocycles. The predicted molar refractivity (Wildman–Crippen MR) is 108 cm³/mol. The molecule has 3 rings (SSSR count). The van der Waals surface area contributed by atoms with Gasteiger partial charge in [0.15, 0.2) is 11.5 Å². The Morgan fingerprint density at radius 1 is 1.28 bits per heavy atom. The van der Waals surface area contributed by atoms with E-state index in [0.717, 1.165) is 38.8 Å². The first-order chi connectivity index (χ1) is 14.1. The van der Waals surface area contributed by atoms with Crippen molar-refractivity contribution in [1.29, 1.82) is 0 Å². The van der Waals surface area contributed by atoms with Crippen molar-refractivity contribution in [3.8, 4) is 17.2 Å². The molecule has 1 amide bonds. The second-order valence-electron chi connectivity index (χ2n) is 7.58. The topological polar surface area (TPSA) is 100 Å². The van der Waals surface area contributed by atoms with E-state index in [1.807, 2.05) is 0 Å². The van der Waals surface area contributed by atoms with E-state index in [4.69, 9.17) is 19.3 Å². The van der Waals surface area contributed by atoms with E-state index in [1.54, 1.807) is 19.2 Å². The smallest absolute Gasteiger partial charge is 0.255 e. The van der Waals surface area contributed by atoms with Crippen molar-refractivity contribution in [1.82, 2.24) is 10.2 Å². The Kier molecular flexibility index (Phi) is 7.97. The summed E-state index contributed by atoms with van der Waals surface area (Å²) >= 11 is 0. The molecule has 0 aromatic heterocycles. The maximum Gasteiger partial charge on any atom is 0.255 e. The highest BCUT2D eigenvalue weighted by atomic mass is 16.5. The van der Waals surface area contributed by atoms with Gasteiger partial charge in [0.2, 0.25) is 5.75 Å². The Morgan fingerprint density at radius 2 is 2.07 bits per heavy atom. The van der Waals surface area contributed by atoms with Gasteiger partial charge in [-0.3, -0.25) is 4.79 Å². The highest BCUT2D eigenvalue weighted by Crippen LogP contribution is 2.41. The average Bonchev–Trinajstić information content (AvgIpc) is 2.98. The zero-order valence-electron chi connectivity index (χ0n) is 17.1. The van der Waals surface area contributed by atoms with Crippen LogP contribution in [0.15, 0.2) is 12.1 Å². The van der Waals surface area contributed by atoms with Gasteiger partial charge in [0.25, 0.3) is 5.91 Å². The minimum absolute atomic E-state index is 0.0158. The number of likely N-dealkylation sites (tertiary alicyclic amines) is 1. The molecular weight excluding hydrogens is 376 g/mol. The van der Waals surface area contributed by atoms with Crippen LogP contribution in [0.25, 0.3) is 0 Å². The van der Waals surface area contributed by atoms with Crippen LogP contribution < -0.4 is 19.5 Å². The van der Waals surface area contributed by atoms with Crippen LogP contribution >= 0.6 is 0 Å². The van der Waals surface area contributed by atoms with E-state index in [1.165, 1.54) is 0 Å². The Morgan fingerprint density at radius 3 is 2.79 bits per heavy atom. The lowest BCUT2D eigenvalue weighted by atomic mass is 9.93. The molecule has 29 heavy (non-hydrogen) atoms. The van der Waals surface area contributed by atoms with Crippen LogP contribution in [0.4, 0.5) is 0 Å². The molecule has 0 unspecified atom stereocenters. The number of aliphatic hydroxyl groups is 2. The van der Waals surface area contributed by atoms with Crippen LogP contribution in [0.3, 0.4) is 0 Å². The number of carbonyl (C=O) groups is 1. The van der Waals surface area contributed by atoms with Crippen molar-refractivity contribution in [2.75, 3.05) is 53.1 Å². The molecule has 8 nitrogen and oxygen atoms in total. The van der Waals surface area contributed by atoms with Gasteiger partial charge < -0.3 is 34.6 Å². The summed E-state index contributed by atoms with van der Waals surface area (Å²) in [5, 5.41) is 22.3. The van der Waals surface area contributed by atoms with Gasteiger partial charge in [-0.1, -0.05) is 0 Å². The number of hydrogen-bond donors (Lipinski definition) is 3. The fourth-order valence-electron chi connectivity index (χ4n) is 3.82. The first-order valence-corrected chi connectivity index (χ1v) is 10.4. The fraction of sp³-hybridized carbons (Fsp3) is 0.667. The first kappa shape index (κ1) is 21.7. The predicted octanol–water partition coefficient (Wildman–Crippen LogP) is 1.04. The molecule has 0 aliphatic carbocycles. The lowest BCUT2D eigenvalue weighted by Crippen LogP contribution is -2.47.